The van der Waals surface area contributed by atoms with Crippen LogP contribution in [0.3, 0.4) is 0 Å². The van der Waals surface area contributed by atoms with Crippen LogP contribution in [0.1, 0.15) is 33.1 Å². The van der Waals surface area contributed by atoms with Gasteiger partial charge in [0.1, 0.15) is 5.69 Å². The number of nitrogens with zero attached hydrogens (tertiary/aromatic N) is 3. The second-order valence-corrected chi connectivity index (χ2v) is 9.31. The number of rotatable bonds is 4. The Bertz CT molecular complexity index is 749. The van der Waals surface area contributed by atoms with Gasteiger partial charge in [-0.3, -0.25) is 10.1 Å². The molecule has 3 rings (SSSR count). The van der Waals surface area contributed by atoms with Crippen molar-refractivity contribution in [3.8, 4) is 0 Å². The molecule has 0 amide bonds. The van der Waals surface area contributed by atoms with Crippen LogP contribution in [-0.2, 0) is 10.0 Å². The highest BCUT2D eigenvalue weighted by Gasteiger charge is 2.32. The van der Waals surface area contributed by atoms with Crippen molar-refractivity contribution >= 4 is 21.4 Å². The van der Waals surface area contributed by atoms with Gasteiger partial charge in [0, 0.05) is 32.2 Å². The maximum absolute atomic E-state index is 12.7. The van der Waals surface area contributed by atoms with Crippen molar-refractivity contribution in [2.45, 2.75) is 38.0 Å². The molecule has 2 aliphatic heterocycles. The Morgan fingerprint density at radius 2 is 1.72 bits per heavy atom. The fourth-order valence-electron chi connectivity index (χ4n) is 4.01. The molecule has 2 saturated heterocycles. The van der Waals surface area contributed by atoms with E-state index in [-0.39, 0.29) is 10.6 Å². The van der Waals surface area contributed by atoms with Gasteiger partial charge >= 0.3 is 0 Å². The molecular weight excluding hydrogens is 342 g/mol. The summed E-state index contributed by atoms with van der Waals surface area (Å²) in [5, 5.41) is 11.6. The number of piperidine rings is 1. The highest BCUT2D eigenvalue weighted by atomic mass is 32.2. The molecule has 1 aromatic rings. The summed E-state index contributed by atoms with van der Waals surface area (Å²) in [6.45, 7) is 6.76. The summed E-state index contributed by atoms with van der Waals surface area (Å²) in [5.41, 5.74) is 0.394. The molecule has 2 atom stereocenters. The van der Waals surface area contributed by atoms with E-state index in [9.17, 15) is 18.5 Å². The normalized spacial score (nSPS) is 25.3. The van der Waals surface area contributed by atoms with Gasteiger partial charge < -0.3 is 4.90 Å². The van der Waals surface area contributed by atoms with Crippen molar-refractivity contribution in [2.24, 2.45) is 11.8 Å². The molecule has 0 aromatic heterocycles. The Labute approximate surface area is 148 Å². The van der Waals surface area contributed by atoms with E-state index in [2.05, 4.69) is 13.8 Å². The molecule has 25 heavy (non-hydrogen) atoms. The molecule has 2 fully saturated rings. The third-order valence-corrected chi connectivity index (χ3v) is 6.95. The first-order valence-corrected chi connectivity index (χ1v) is 10.3. The molecule has 8 heteroatoms. The minimum Gasteiger partial charge on any atom is -0.365 e. The summed E-state index contributed by atoms with van der Waals surface area (Å²) in [4.78, 5) is 13.2. The highest BCUT2D eigenvalue weighted by molar-refractivity contribution is 7.89. The molecule has 7 nitrogen and oxygen atoms in total. The van der Waals surface area contributed by atoms with Gasteiger partial charge in [0.25, 0.3) is 5.69 Å². The smallest absolute Gasteiger partial charge is 0.293 e. The molecule has 0 saturated carbocycles. The molecule has 0 radical (unpaired) electrons. The van der Waals surface area contributed by atoms with Crippen molar-refractivity contribution in [2.75, 3.05) is 31.1 Å². The van der Waals surface area contributed by atoms with Crippen LogP contribution in [0.25, 0.3) is 0 Å². The summed E-state index contributed by atoms with van der Waals surface area (Å²) in [6, 6.07) is 4.35. The van der Waals surface area contributed by atoms with Crippen molar-refractivity contribution < 1.29 is 13.3 Å². The number of sulfonamides is 1. The minimum atomic E-state index is -3.65. The van der Waals surface area contributed by atoms with Crippen LogP contribution in [0.5, 0.6) is 0 Å². The van der Waals surface area contributed by atoms with E-state index in [0.29, 0.717) is 30.6 Å². The summed E-state index contributed by atoms with van der Waals surface area (Å²) in [7, 11) is -3.65. The molecule has 1 aromatic carbocycles. The largest absolute Gasteiger partial charge is 0.365 e. The molecule has 0 bridgehead atoms. The third kappa shape index (κ3) is 3.64. The Kier molecular flexibility index (Phi) is 5.02. The first-order chi connectivity index (χ1) is 11.8. The average Bonchev–Trinajstić information content (AvgIpc) is 3.08. The number of anilines is 1. The molecule has 2 heterocycles. The van der Waals surface area contributed by atoms with E-state index in [1.807, 2.05) is 4.90 Å². The van der Waals surface area contributed by atoms with Crippen LogP contribution in [-0.4, -0.2) is 43.8 Å². The Morgan fingerprint density at radius 3 is 2.28 bits per heavy atom. The number of nitro benzene ring substituents is 1. The van der Waals surface area contributed by atoms with Crippen LogP contribution >= 0.6 is 0 Å². The second kappa shape index (κ2) is 6.92. The summed E-state index contributed by atoms with van der Waals surface area (Å²) in [5.74, 6) is 0.910. The van der Waals surface area contributed by atoms with E-state index < -0.39 is 14.9 Å². The standard InChI is InChI=1S/C17H25N3O4S/c1-13-9-14(2)12-18(11-13)16-6-5-15(10-17(16)20(21)22)25(23,24)19-7-3-4-8-19/h5-6,10,13-14H,3-4,7-9,11-12H2,1-2H3/t13-,14-/m1/s1. The van der Waals surface area contributed by atoms with Gasteiger partial charge in [-0.05, 0) is 43.2 Å². The third-order valence-electron chi connectivity index (χ3n) is 5.06. The molecule has 0 aliphatic carbocycles. The minimum absolute atomic E-state index is 0.0166. The zero-order chi connectivity index (χ0) is 18.2. The van der Waals surface area contributed by atoms with Gasteiger partial charge in [0.2, 0.25) is 10.0 Å². The van der Waals surface area contributed by atoms with Crippen molar-refractivity contribution in [3.05, 3.63) is 28.3 Å². The fraction of sp³-hybridized carbons (Fsp3) is 0.647. The average molecular weight is 367 g/mol. The number of hydrogen-bond donors (Lipinski definition) is 0. The topological polar surface area (TPSA) is 83.8 Å². The lowest BCUT2D eigenvalue weighted by atomic mass is 9.91. The molecular formula is C17H25N3O4S. The first-order valence-electron chi connectivity index (χ1n) is 8.82. The van der Waals surface area contributed by atoms with Crippen LogP contribution in [0, 0.1) is 22.0 Å². The SMILES string of the molecule is C[C@@H]1C[C@@H](C)CN(c2ccc(S(=O)(=O)N3CCCC3)cc2[N+](=O)[O-])C1. The number of benzene rings is 1. The van der Waals surface area contributed by atoms with Crippen molar-refractivity contribution in [1.82, 2.24) is 4.31 Å². The Hall–Kier alpha value is -1.67. The maximum Gasteiger partial charge on any atom is 0.293 e. The lowest BCUT2D eigenvalue weighted by molar-refractivity contribution is -0.384. The van der Waals surface area contributed by atoms with Crippen LogP contribution in [0.15, 0.2) is 23.1 Å². The Morgan fingerprint density at radius 1 is 1.12 bits per heavy atom. The quantitative estimate of drug-likeness (QED) is 0.603. The predicted molar refractivity (Wildman–Crippen MR) is 96.2 cm³/mol. The lowest BCUT2D eigenvalue weighted by Gasteiger charge is -2.36. The summed E-state index contributed by atoms with van der Waals surface area (Å²) < 4.78 is 26.8. The number of nitro groups is 1. The Balaban J connectivity index is 1.97. The van der Waals surface area contributed by atoms with Gasteiger partial charge in [-0.1, -0.05) is 13.8 Å². The molecule has 2 aliphatic rings. The maximum atomic E-state index is 12.7. The summed E-state index contributed by atoms with van der Waals surface area (Å²) in [6.07, 6.45) is 2.78. The van der Waals surface area contributed by atoms with Crippen LogP contribution in [0.2, 0.25) is 0 Å². The van der Waals surface area contributed by atoms with Gasteiger partial charge in [-0.15, -0.1) is 0 Å². The van der Waals surface area contributed by atoms with E-state index >= 15 is 0 Å². The van der Waals surface area contributed by atoms with E-state index in [4.69, 9.17) is 0 Å². The van der Waals surface area contributed by atoms with E-state index in [0.717, 1.165) is 32.4 Å². The molecule has 0 unspecified atom stereocenters. The van der Waals surface area contributed by atoms with Gasteiger partial charge in [-0.2, -0.15) is 4.31 Å². The fourth-order valence-corrected chi connectivity index (χ4v) is 5.55. The second-order valence-electron chi connectivity index (χ2n) is 7.37. The van der Waals surface area contributed by atoms with Crippen molar-refractivity contribution in [1.29, 1.82) is 0 Å². The highest BCUT2D eigenvalue weighted by Crippen LogP contribution is 2.35. The molecule has 0 N–H and O–H groups in total. The van der Waals surface area contributed by atoms with E-state index in [1.165, 1.54) is 16.4 Å². The lowest BCUT2D eigenvalue weighted by Crippen LogP contribution is -2.39. The van der Waals surface area contributed by atoms with Gasteiger partial charge in [0.15, 0.2) is 0 Å². The van der Waals surface area contributed by atoms with Crippen molar-refractivity contribution in [3.63, 3.8) is 0 Å². The van der Waals surface area contributed by atoms with E-state index in [1.54, 1.807) is 6.07 Å². The number of hydrogen-bond acceptors (Lipinski definition) is 5. The van der Waals surface area contributed by atoms with Gasteiger partial charge in [-0.25, -0.2) is 8.42 Å². The zero-order valence-electron chi connectivity index (χ0n) is 14.7. The molecule has 0 spiro atoms. The van der Waals surface area contributed by atoms with Gasteiger partial charge in [0.05, 0.1) is 9.82 Å². The predicted octanol–water partition coefficient (Wildman–Crippen LogP) is 2.86. The van der Waals surface area contributed by atoms with Crippen LogP contribution in [0.4, 0.5) is 11.4 Å². The first kappa shape index (κ1) is 18.1. The van der Waals surface area contributed by atoms with Crippen LogP contribution < -0.4 is 4.90 Å². The monoisotopic (exact) mass is 367 g/mol. The molecule has 138 valence electrons. The summed E-state index contributed by atoms with van der Waals surface area (Å²) >= 11 is 0. The zero-order valence-corrected chi connectivity index (χ0v) is 15.5.